The first-order valence-electron chi connectivity index (χ1n) is 11.2. The number of aliphatic hydroxyl groups is 1. The van der Waals surface area contributed by atoms with E-state index in [1.165, 1.54) is 7.11 Å². The molecule has 3 rings (SSSR count). The predicted octanol–water partition coefficient (Wildman–Crippen LogP) is 1.07. The summed E-state index contributed by atoms with van der Waals surface area (Å²) in [6.07, 6.45) is 1.10. The zero-order valence-corrected chi connectivity index (χ0v) is 19.1. The van der Waals surface area contributed by atoms with Crippen molar-refractivity contribution in [1.29, 1.82) is 0 Å². The highest BCUT2D eigenvalue weighted by atomic mass is 16.5. The van der Waals surface area contributed by atoms with Crippen LogP contribution in [0.4, 0.5) is 0 Å². The molecule has 0 unspecified atom stereocenters. The minimum Gasteiger partial charge on any atom is -0.493 e. The van der Waals surface area contributed by atoms with Gasteiger partial charge in [-0.1, -0.05) is 6.07 Å². The third kappa shape index (κ3) is 7.07. The van der Waals surface area contributed by atoms with Crippen molar-refractivity contribution in [2.45, 2.75) is 25.5 Å². The molecular formula is C23H37N3O5. The Morgan fingerprint density at radius 1 is 1.06 bits per heavy atom. The molecule has 0 radical (unpaired) electrons. The summed E-state index contributed by atoms with van der Waals surface area (Å²) >= 11 is 0. The van der Waals surface area contributed by atoms with Gasteiger partial charge in [-0.05, 0) is 50.7 Å². The third-order valence-corrected chi connectivity index (χ3v) is 6.25. The predicted molar refractivity (Wildman–Crippen MR) is 118 cm³/mol. The molecule has 0 aliphatic carbocycles. The van der Waals surface area contributed by atoms with Gasteiger partial charge in [0.1, 0.15) is 12.7 Å². The van der Waals surface area contributed by atoms with Crippen molar-refractivity contribution < 1.29 is 24.1 Å². The summed E-state index contributed by atoms with van der Waals surface area (Å²) in [6.45, 7) is 7.37. The Balaban J connectivity index is 1.50. The number of methoxy groups -OCH3 is 2. The van der Waals surface area contributed by atoms with Crippen molar-refractivity contribution in [2.24, 2.45) is 5.92 Å². The van der Waals surface area contributed by atoms with Crippen LogP contribution >= 0.6 is 0 Å². The second-order valence-corrected chi connectivity index (χ2v) is 8.63. The largest absolute Gasteiger partial charge is 0.493 e. The fourth-order valence-corrected chi connectivity index (χ4v) is 4.25. The fourth-order valence-electron chi connectivity index (χ4n) is 4.25. The van der Waals surface area contributed by atoms with Crippen LogP contribution in [0.5, 0.6) is 11.5 Å². The molecule has 2 aliphatic heterocycles. The van der Waals surface area contributed by atoms with Gasteiger partial charge in [0.2, 0.25) is 0 Å². The standard InChI is InChI=1S/C23H37N3O5/c1-24-10-12-26(13-11-24)16-20(27)17-31-22-14-18(4-5-21(22)29-2)15-25-8-6-19(7-9-25)23(28)30-3/h4-5,14,19-20,27H,6-13,15-17H2,1-3H3/t20-/m1/s1. The lowest BCUT2D eigenvalue weighted by Gasteiger charge is -2.33. The summed E-state index contributed by atoms with van der Waals surface area (Å²) in [4.78, 5) is 18.6. The minimum absolute atomic E-state index is 0.0119. The van der Waals surface area contributed by atoms with Crippen LogP contribution in [0.3, 0.4) is 0 Å². The molecule has 0 saturated carbocycles. The number of aliphatic hydroxyl groups excluding tert-OH is 1. The highest BCUT2D eigenvalue weighted by Crippen LogP contribution is 2.29. The molecule has 0 amide bonds. The van der Waals surface area contributed by atoms with Gasteiger partial charge in [-0.2, -0.15) is 0 Å². The average molecular weight is 436 g/mol. The quantitative estimate of drug-likeness (QED) is 0.578. The number of carbonyl (C=O) groups excluding carboxylic acids is 1. The van der Waals surface area contributed by atoms with Gasteiger partial charge in [-0.3, -0.25) is 14.6 Å². The van der Waals surface area contributed by atoms with Gasteiger partial charge >= 0.3 is 5.97 Å². The fraction of sp³-hybridized carbons (Fsp3) is 0.696. The van der Waals surface area contributed by atoms with E-state index in [-0.39, 0.29) is 18.5 Å². The van der Waals surface area contributed by atoms with Gasteiger partial charge in [-0.25, -0.2) is 0 Å². The topological polar surface area (TPSA) is 74.7 Å². The van der Waals surface area contributed by atoms with E-state index in [4.69, 9.17) is 14.2 Å². The monoisotopic (exact) mass is 435 g/mol. The van der Waals surface area contributed by atoms with Crippen LogP contribution in [-0.2, 0) is 16.1 Å². The van der Waals surface area contributed by atoms with Crippen molar-refractivity contribution in [3.8, 4) is 11.5 Å². The number of nitrogens with zero attached hydrogens (tertiary/aromatic N) is 3. The molecule has 1 N–H and O–H groups in total. The Hall–Kier alpha value is -1.87. The maximum atomic E-state index is 11.7. The van der Waals surface area contributed by atoms with Gasteiger partial charge in [0.25, 0.3) is 0 Å². The second-order valence-electron chi connectivity index (χ2n) is 8.63. The summed E-state index contributed by atoms with van der Waals surface area (Å²) < 4.78 is 16.3. The van der Waals surface area contributed by atoms with Gasteiger partial charge in [0.15, 0.2) is 11.5 Å². The SMILES string of the molecule is COC(=O)C1CCN(Cc2ccc(OC)c(OC[C@H](O)CN3CCN(C)CC3)c2)CC1. The van der Waals surface area contributed by atoms with Crippen molar-refractivity contribution in [3.05, 3.63) is 23.8 Å². The number of carbonyl (C=O) groups is 1. The van der Waals surface area contributed by atoms with E-state index in [2.05, 4.69) is 21.7 Å². The van der Waals surface area contributed by atoms with Crippen LogP contribution in [0.2, 0.25) is 0 Å². The Bertz CT molecular complexity index is 700. The lowest BCUT2D eigenvalue weighted by Crippen LogP contribution is -2.47. The summed E-state index contributed by atoms with van der Waals surface area (Å²) in [6, 6.07) is 5.95. The number of piperazine rings is 1. The lowest BCUT2D eigenvalue weighted by molar-refractivity contribution is -0.147. The number of likely N-dealkylation sites (tertiary alicyclic amines) is 1. The molecule has 0 aromatic heterocycles. The van der Waals surface area contributed by atoms with Crippen LogP contribution in [0.25, 0.3) is 0 Å². The molecule has 0 bridgehead atoms. The Morgan fingerprint density at radius 2 is 1.77 bits per heavy atom. The van der Waals surface area contributed by atoms with Crippen molar-refractivity contribution >= 4 is 5.97 Å². The van der Waals surface area contributed by atoms with E-state index in [0.29, 0.717) is 18.0 Å². The van der Waals surface area contributed by atoms with Gasteiger partial charge < -0.3 is 24.2 Å². The van der Waals surface area contributed by atoms with E-state index in [9.17, 15) is 9.90 Å². The van der Waals surface area contributed by atoms with Crippen LogP contribution < -0.4 is 9.47 Å². The third-order valence-electron chi connectivity index (χ3n) is 6.25. The number of hydrogen-bond acceptors (Lipinski definition) is 8. The molecule has 2 fully saturated rings. The normalized spacial score (nSPS) is 20.4. The highest BCUT2D eigenvalue weighted by molar-refractivity contribution is 5.72. The van der Waals surface area contributed by atoms with Crippen molar-refractivity contribution in [3.63, 3.8) is 0 Å². The Labute approximate surface area is 185 Å². The molecule has 2 aliphatic rings. The van der Waals surface area contributed by atoms with Crippen molar-refractivity contribution in [1.82, 2.24) is 14.7 Å². The molecule has 1 aromatic rings. The first kappa shape index (κ1) is 23.8. The van der Waals surface area contributed by atoms with Gasteiger partial charge in [0, 0.05) is 39.3 Å². The molecule has 2 saturated heterocycles. The zero-order valence-electron chi connectivity index (χ0n) is 19.1. The minimum atomic E-state index is -0.547. The maximum absolute atomic E-state index is 11.7. The highest BCUT2D eigenvalue weighted by Gasteiger charge is 2.25. The summed E-state index contributed by atoms with van der Waals surface area (Å²) in [5.41, 5.74) is 1.13. The number of ether oxygens (including phenoxy) is 3. The number of β-amino-alcohol motifs (C(OH)–C–C–N with tert-alkyl or cyclic N) is 1. The summed E-state index contributed by atoms with van der Waals surface area (Å²) in [5, 5.41) is 10.4. The van der Waals surface area contributed by atoms with Crippen LogP contribution in [0.15, 0.2) is 18.2 Å². The van der Waals surface area contributed by atoms with E-state index in [1.54, 1.807) is 7.11 Å². The Kier molecular flexibility index (Phi) is 8.95. The number of esters is 1. The second kappa shape index (κ2) is 11.7. The Morgan fingerprint density at radius 3 is 2.42 bits per heavy atom. The molecule has 8 heteroatoms. The molecular weight excluding hydrogens is 398 g/mol. The number of likely N-dealkylation sites (N-methyl/N-ethyl adjacent to an activating group) is 1. The number of hydrogen-bond donors (Lipinski definition) is 1. The van der Waals surface area contributed by atoms with Crippen LogP contribution in [-0.4, -0.2) is 106 Å². The molecule has 2 heterocycles. The maximum Gasteiger partial charge on any atom is 0.308 e. The first-order valence-corrected chi connectivity index (χ1v) is 11.2. The molecule has 0 spiro atoms. The summed E-state index contributed by atoms with van der Waals surface area (Å²) in [7, 11) is 5.20. The molecule has 1 atom stereocenters. The first-order chi connectivity index (χ1) is 15.0. The number of piperidine rings is 1. The van der Waals surface area contributed by atoms with Gasteiger partial charge in [-0.15, -0.1) is 0 Å². The van der Waals surface area contributed by atoms with E-state index in [0.717, 1.165) is 64.2 Å². The van der Waals surface area contributed by atoms with Crippen LogP contribution in [0, 0.1) is 5.92 Å². The van der Waals surface area contributed by atoms with Gasteiger partial charge in [0.05, 0.1) is 20.1 Å². The molecule has 174 valence electrons. The number of benzene rings is 1. The van der Waals surface area contributed by atoms with E-state index >= 15 is 0 Å². The van der Waals surface area contributed by atoms with Crippen LogP contribution in [0.1, 0.15) is 18.4 Å². The van der Waals surface area contributed by atoms with E-state index in [1.807, 2.05) is 18.2 Å². The molecule has 8 nitrogen and oxygen atoms in total. The number of rotatable bonds is 9. The zero-order chi connectivity index (χ0) is 22.2. The smallest absolute Gasteiger partial charge is 0.308 e. The summed E-state index contributed by atoms with van der Waals surface area (Å²) in [5.74, 6) is 1.23. The molecule has 31 heavy (non-hydrogen) atoms. The average Bonchev–Trinajstić information content (AvgIpc) is 2.79. The van der Waals surface area contributed by atoms with Crippen molar-refractivity contribution in [2.75, 3.05) is 73.7 Å². The lowest BCUT2D eigenvalue weighted by atomic mass is 9.96. The van der Waals surface area contributed by atoms with E-state index < -0.39 is 6.10 Å². The molecule has 1 aromatic carbocycles.